The molecule has 0 fully saturated rings. The number of methoxy groups -OCH3 is 1. The molecule has 0 spiro atoms. The molecule has 0 aliphatic rings. The fraction of sp³-hybridized carbons (Fsp3) is 0.250. The maximum Gasteiger partial charge on any atom is 0.121 e. The monoisotopic (exact) mass is 217 g/mol. The fourth-order valence-electron chi connectivity index (χ4n) is 1.63. The molecule has 0 amide bonds. The van der Waals surface area contributed by atoms with Gasteiger partial charge in [0.05, 0.1) is 13.7 Å². The van der Waals surface area contributed by atoms with E-state index in [9.17, 15) is 0 Å². The summed E-state index contributed by atoms with van der Waals surface area (Å²) < 4.78 is 7.10. The number of hydrogen-bond donors (Lipinski definition) is 1. The van der Waals surface area contributed by atoms with E-state index >= 15 is 0 Å². The number of aryl methyl sites for hydroxylation is 1. The van der Waals surface area contributed by atoms with Crippen molar-refractivity contribution in [2.24, 2.45) is 0 Å². The Balaban J connectivity index is 2.28. The number of nitrogen functional groups attached to an aromatic ring is 1. The molecule has 1 aromatic carbocycles. The molecule has 84 valence electrons. The highest BCUT2D eigenvalue weighted by Gasteiger charge is 2.02. The molecule has 16 heavy (non-hydrogen) atoms. The van der Waals surface area contributed by atoms with Crippen LogP contribution in [-0.2, 0) is 6.54 Å². The van der Waals surface area contributed by atoms with Crippen LogP contribution in [-0.4, -0.2) is 16.9 Å². The first-order valence-electron chi connectivity index (χ1n) is 5.11. The largest absolute Gasteiger partial charge is 0.497 e. The van der Waals surface area contributed by atoms with Crippen molar-refractivity contribution in [3.8, 4) is 5.75 Å². The van der Waals surface area contributed by atoms with E-state index < -0.39 is 0 Å². The fourth-order valence-corrected chi connectivity index (χ4v) is 1.63. The van der Waals surface area contributed by atoms with Crippen molar-refractivity contribution in [1.82, 2.24) is 9.78 Å². The quantitative estimate of drug-likeness (QED) is 0.798. The lowest BCUT2D eigenvalue weighted by Crippen LogP contribution is -2.04. The molecule has 0 unspecified atom stereocenters. The van der Waals surface area contributed by atoms with Crippen molar-refractivity contribution in [3.63, 3.8) is 0 Å². The molecule has 0 saturated carbocycles. The van der Waals surface area contributed by atoms with E-state index in [4.69, 9.17) is 10.5 Å². The van der Waals surface area contributed by atoms with Gasteiger partial charge >= 0.3 is 0 Å². The molecule has 0 radical (unpaired) electrons. The zero-order chi connectivity index (χ0) is 11.5. The number of ether oxygens (including phenoxy) is 1. The van der Waals surface area contributed by atoms with Gasteiger partial charge in [0.1, 0.15) is 5.75 Å². The van der Waals surface area contributed by atoms with Gasteiger partial charge in [-0.25, -0.2) is 0 Å². The molecular weight excluding hydrogens is 202 g/mol. The average Bonchev–Trinajstić information content (AvgIpc) is 2.63. The van der Waals surface area contributed by atoms with Crippen LogP contribution in [0.3, 0.4) is 0 Å². The molecule has 1 heterocycles. The molecule has 0 saturated heterocycles. The van der Waals surface area contributed by atoms with Crippen molar-refractivity contribution in [3.05, 3.63) is 41.7 Å². The topological polar surface area (TPSA) is 53.1 Å². The minimum Gasteiger partial charge on any atom is -0.497 e. The molecular formula is C12H15N3O. The van der Waals surface area contributed by atoms with Crippen LogP contribution < -0.4 is 10.5 Å². The number of anilines is 1. The summed E-state index contributed by atoms with van der Waals surface area (Å²) in [6, 6.07) is 7.68. The van der Waals surface area contributed by atoms with Gasteiger partial charge in [0.2, 0.25) is 0 Å². The van der Waals surface area contributed by atoms with Gasteiger partial charge in [-0.3, -0.25) is 4.68 Å². The van der Waals surface area contributed by atoms with Crippen molar-refractivity contribution in [1.29, 1.82) is 0 Å². The summed E-state index contributed by atoms with van der Waals surface area (Å²) >= 11 is 0. The molecule has 2 N–H and O–H groups in total. The molecule has 0 aliphatic carbocycles. The molecule has 2 rings (SSSR count). The van der Waals surface area contributed by atoms with Crippen molar-refractivity contribution in [2.45, 2.75) is 13.5 Å². The highest BCUT2D eigenvalue weighted by atomic mass is 16.5. The predicted octanol–water partition coefficient (Wildman–Crippen LogP) is 1.83. The zero-order valence-electron chi connectivity index (χ0n) is 9.47. The molecule has 0 atom stereocenters. The Kier molecular flexibility index (Phi) is 2.81. The molecule has 0 aliphatic heterocycles. The second-order valence-corrected chi connectivity index (χ2v) is 3.74. The average molecular weight is 217 g/mol. The zero-order valence-corrected chi connectivity index (χ0v) is 9.47. The molecule has 4 heteroatoms. The smallest absolute Gasteiger partial charge is 0.121 e. The highest BCUT2D eigenvalue weighted by Crippen LogP contribution is 2.19. The maximum absolute atomic E-state index is 5.79. The number of rotatable bonds is 3. The lowest BCUT2D eigenvalue weighted by Gasteiger charge is -2.08. The maximum atomic E-state index is 5.79. The minimum absolute atomic E-state index is 0.708. The Morgan fingerprint density at radius 3 is 2.81 bits per heavy atom. The first-order valence-corrected chi connectivity index (χ1v) is 5.11. The van der Waals surface area contributed by atoms with Crippen LogP contribution in [0.2, 0.25) is 0 Å². The third-order valence-corrected chi connectivity index (χ3v) is 2.49. The molecule has 2 aromatic rings. The minimum atomic E-state index is 0.708. The van der Waals surface area contributed by atoms with Crippen LogP contribution in [0, 0.1) is 6.92 Å². The Morgan fingerprint density at radius 2 is 2.19 bits per heavy atom. The van der Waals surface area contributed by atoms with Crippen LogP contribution in [0.1, 0.15) is 11.3 Å². The molecule has 1 aromatic heterocycles. The van der Waals surface area contributed by atoms with Crippen LogP contribution in [0.5, 0.6) is 5.75 Å². The SMILES string of the molecule is COc1cc(N)cc(Cn2nccc2C)c1. The summed E-state index contributed by atoms with van der Waals surface area (Å²) in [5, 5.41) is 4.23. The summed E-state index contributed by atoms with van der Waals surface area (Å²) in [6.07, 6.45) is 1.79. The summed E-state index contributed by atoms with van der Waals surface area (Å²) in [5.41, 5.74) is 8.71. The van der Waals surface area contributed by atoms with Gasteiger partial charge < -0.3 is 10.5 Å². The summed E-state index contributed by atoms with van der Waals surface area (Å²) in [5.74, 6) is 0.778. The molecule has 0 bridgehead atoms. The number of nitrogens with zero attached hydrogens (tertiary/aromatic N) is 2. The van der Waals surface area contributed by atoms with E-state index in [2.05, 4.69) is 5.10 Å². The van der Waals surface area contributed by atoms with Gasteiger partial charge in [-0.05, 0) is 30.7 Å². The number of benzene rings is 1. The Labute approximate surface area is 94.6 Å². The standard InChI is InChI=1S/C12H15N3O/c1-9-3-4-14-15(9)8-10-5-11(13)7-12(6-10)16-2/h3-7H,8,13H2,1-2H3. The third kappa shape index (κ3) is 2.16. The summed E-state index contributed by atoms with van der Waals surface area (Å²) in [6.45, 7) is 2.73. The van der Waals surface area contributed by atoms with Crippen LogP contribution in [0.15, 0.2) is 30.5 Å². The van der Waals surface area contributed by atoms with Crippen molar-refractivity contribution in [2.75, 3.05) is 12.8 Å². The highest BCUT2D eigenvalue weighted by molar-refractivity contribution is 5.47. The van der Waals surface area contributed by atoms with Gasteiger partial charge in [0.15, 0.2) is 0 Å². The van der Waals surface area contributed by atoms with Crippen molar-refractivity contribution >= 4 is 5.69 Å². The van der Waals surface area contributed by atoms with Gasteiger partial charge in [-0.2, -0.15) is 5.10 Å². The van der Waals surface area contributed by atoms with E-state index in [-0.39, 0.29) is 0 Å². The third-order valence-electron chi connectivity index (χ3n) is 2.49. The number of hydrogen-bond acceptors (Lipinski definition) is 3. The Hall–Kier alpha value is -1.97. The van der Waals surface area contributed by atoms with E-state index in [0.29, 0.717) is 12.2 Å². The van der Waals surface area contributed by atoms with E-state index in [1.165, 1.54) is 0 Å². The molecule has 4 nitrogen and oxygen atoms in total. The van der Waals surface area contributed by atoms with Crippen LogP contribution in [0.4, 0.5) is 5.69 Å². The van der Waals surface area contributed by atoms with Crippen LogP contribution >= 0.6 is 0 Å². The van der Waals surface area contributed by atoms with Gasteiger partial charge in [0, 0.05) is 23.6 Å². The van der Waals surface area contributed by atoms with E-state index in [0.717, 1.165) is 17.0 Å². The lowest BCUT2D eigenvalue weighted by atomic mass is 10.2. The number of aromatic nitrogens is 2. The normalized spacial score (nSPS) is 10.4. The van der Waals surface area contributed by atoms with Crippen molar-refractivity contribution < 1.29 is 4.74 Å². The first-order chi connectivity index (χ1) is 7.69. The predicted molar refractivity (Wildman–Crippen MR) is 63.5 cm³/mol. The summed E-state index contributed by atoms with van der Waals surface area (Å²) in [4.78, 5) is 0. The summed E-state index contributed by atoms with van der Waals surface area (Å²) in [7, 11) is 1.64. The Morgan fingerprint density at radius 1 is 1.38 bits per heavy atom. The lowest BCUT2D eigenvalue weighted by molar-refractivity contribution is 0.414. The second kappa shape index (κ2) is 4.26. The first kappa shape index (κ1) is 10.5. The van der Waals surface area contributed by atoms with Gasteiger partial charge in [-0.15, -0.1) is 0 Å². The second-order valence-electron chi connectivity index (χ2n) is 3.74. The van der Waals surface area contributed by atoms with E-state index in [1.807, 2.05) is 29.8 Å². The van der Waals surface area contributed by atoms with E-state index in [1.54, 1.807) is 19.4 Å². The number of nitrogens with two attached hydrogens (primary N) is 1. The van der Waals surface area contributed by atoms with Crippen LogP contribution in [0.25, 0.3) is 0 Å². The van der Waals surface area contributed by atoms with Gasteiger partial charge in [0.25, 0.3) is 0 Å². The Bertz CT molecular complexity index is 491. The van der Waals surface area contributed by atoms with Gasteiger partial charge in [-0.1, -0.05) is 0 Å².